The zero-order chi connectivity index (χ0) is 19.8. The van der Waals surface area contributed by atoms with E-state index in [1.807, 2.05) is 43.3 Å². The summed E-state index contributed by atoms with van der Waals surface area (Å²) < 4.78 is 0. The number of benzene rings is 2. The molecular formula is C23H24N4O. The van der Waals surface area contributed by atoms with Crippen molar-refractivity contribution in [3.8, 4) is 0 Å². The van der Waals surface area contributed by atoms with Crippen molar-refractivity contribution in [2.75, 3.05) is 0 Å². The van der Waals surface area contributed by atoms with Gasteiger partial charge in [-0.05, 0) is 44.4 Å². The Labute approximate surface area is 164 Å². The van der Waals surface area contributed by atoms with Gasteiger partial charge < -0.3 is 5.32 Å². The summed E-state index contributed by atoms with van der Waals surface area (Å²) >= 11 is 0. The van der Waals surface area contributed by atoms with Crippen molar-refractivity contribution in [1.82, 2.24) is 15.5 Å². The van der Waals surface area contributed by atoms with E-state index in [0.29, 0.717) is 11.5 Å². The molecule has 0 unspecified atom stereocenters. The van der Waals surface area contributed by atoms with Gasteiger partial charge in [-0.25, -0.2) is 0 Å². The average Bonchev–Trinajstić information content (AvgIpc) is 3.24. The van der Waals surface area contributed by atoms with Gasteiger partial charge in [0.15, 0.2) is 5.69 Å². The molecule has 1 aliphatic heterocycles. The van der Waals surface area contributed by atoms with Crippen LogP contribution in [0.2, 0.25) is 0 Å². The molecule has 0 aliphatic carbocycles. The van der Waals surface area contributed by atoms with E-state index in [0.717, 1.165) is 23.2 Å². The van der Waals surface area contributed by atoms with Crippen molar-refractivity contribution in [2.24, 2.45) is 4.99 Å². The number of nitrogens with one attached hydrogen (secondary N) is 2. The molecule has 5 nitrogen and oxygen atoms in total. The van der Waals surface area contributed by atoms with E-state index in [-0.39, 0.29) is 11.4 Å². The lowest BCUT2D eigenvalue weighted by atomic mass is 9.69. The second-order valence-corrected chi connectivity index (χ2v) is 7.98. The molecular weight excluding hydrogens is 348 g/mol. The summed E-state index contributed by atoms with van der Waals surface area (Å²) in [5, 5.41) is 10.00. The summed E-state index contributed by atoms with van der Waals surface area (Å²) in [4.78, 5) is 17.8. The van der Waals surface area contributed by atoms with Gasteiger partial charge in [0, 0.05) is 5.69 Å². The summed E-state index contributed by atoms with van der Waals surface area (Å²) in [7, 11) is 0. The fraction of sp³-hybridized carbons (Fsp3) is 0.261. The van der Waals surface area contributed by atoms with Crippen LogP contribution in [0.25, 0.3) is 0 Å². The van der Waals surface area contributed by atoms with Gasteiger partial charge in [0.25, 0.3) is 5.91 Å². The van der Waals surface area contributed by atoms with Gasteiger partial charge in [-0.2, -0.15) is 5.10 Å². The maximum atomic E-state index is 12.9. The third-order valence-electron chi connectivity index (χ3n) is 5.22. The van der Waals surface area contributed by atoms with Crippen LogP contribution in [0.15, 0.2) is 71.7 Å². The Hall–Kier alpha value is -3.21. The molecule has 0 atom stereocenters. The number of hydrogen-bond donors (Lipinski definition) is 2. The molecule has 28 heavy (non-hydrogen) atoms. The second-order valence-electron chi connectivity index (χ2n) is 7.98. The number of nitrogens with zero attached hydrogens (tertiary/aromatic N) is 2. The van der Waals surface area contributed by atoms with Crippen LogP contribution in [-0.2, 0) is 5.41 Å². The van der Waals surface area contributed by atoms with Gasteiger partial charge in [0.1, 0.15) is 5.84 Å². The highest BCUT2D eigenvalue weighted by Crippen LogP contribution is 2.46. The normalized spacial score (nSPS) is 17.2. The standard InChI is InChI=1S/C23H24N4O/c1-16-14-19(27-26-16)20(28)24-21-23(15-22(2,3)25-21,17-10-6-4-7-11-17)18-12-8-5-9-13-18/h4-14H,15H2,1-3H3,(H,26,27)(H,24,25,28). The molecule has 0 bridgehead atoms. The largest absolute Gasteiger partial charge is 0.308 e. The Kier molecular flexibility index (Phi) is 4.38. The number of hydrogen-bond acceptors (Lipinski definition) is 3. The molecule has 0 spiro atoms. The highest BCUT2D eigenvalue weighted by atomic mass is 16.2. The second kappa shape index (κ2) is 6.75. The highest BCUT2D eigenvalue weighted by molar-refractivity contribution is 6.11. The number of aryl methyl sites for hydroxylation is 1. The number of carbonyl (C=O) groups is 1. The maximum absolute atomic E-state index is 12.9. The predicted molar refractivity (Wildman–Crippen MR) is 111 cm³/mol. The van der Waals surface area contributed by atoms with Crippen LogP contribution in [0.5, 0.6) is 0 Å². The molecule has 1 aromatic heterocycles. The first-order valence-electron chi connectivity index (χ1n) is 9.45. The fourth-order valence-electron chi connectivity index (χ4n) is 4.10. The number of amides is 1. The molecule has 3 aromatic rings. The zero-order valence-electron chi connectivity index (χ0n) is 16.4. The van der Waals surface area contributed by atoms with Crippen molar-refractivity contribution in [3.63, 3.8) is 0 Å². The van der Waals surface area contributed by atoms with Crippen LogP contribution in [0.1, 0.15) is 47.6 Å². The SMILES string of the molecule is Cc1cc(C(=O)NC2=NC(C)(C)CC2(c2ccccc2)c2ccccc2)n[nH]1. The Bertz CT molecular complexity index is 980. The fourth-order valence-corrected chi connectivity index (χ4v) is 4.10. The number of carbonyl (C=O) groups excluding carboxylic acids is 1. The first-order chi connectivity index (χ1) is 13.4. The van der Waals surface area contributed by atoms with Crippen LogP contribution in [0, 0.1) is 6.92 Å². The van der Waals surface area contributed by atoms with E-state index in [1.54, 1.807) is 6.07 Å². The Morgan fingerprint density at radius 2 is 1.57 bits per heavy atom. The molecule has 1 aliphatic rings. The minimum Gasteiger partial charge on any atom is -0.308 e. The lowest BCUT2D eigenvalue weighted by Gasteiger charge is -2.33. The summed E-state index contributed by atoms with van der Waals surface area (Å²) in [6.45, 7) is 6.08. The maximum Gasteiger partial charge on any atom is 0.277 e. The van der Waals surface area contributed by atoms with E-state index in [2.05, 4.69) is 53.6 Å². The van der Waals surface area contributed by atoms with E-state index >= 15 is 0 Å². The van der Waals surface area contributed by atoms with Gasteiger partial charge in [0.2, 0.25) is 0 Å². The Morgan fingerprint density at radius 1 is 1.00 bits per heavy atom. The minimum atomic E-state index is -0.521. The van der Waals surface area contributed by atoms with Crippen LogP contribution >= 0.6 is 0 Å². The molecule has 0 radical (unpaired) electrons. The van der Waals surface area contributed by atoms with Gasteiger partial charge in [0.05, 0.1) is 11.0 Å². The van der Waals surface area contributed by atoms with Crippen LogP contribution in [0.4, 0.5) is 0 Å². The van der Waals surface area contributed by atoms with Crippen LogP contribution in [-0.4, -0.2) is 27.5 Å². The quantitative estimate of drug-likeness (QED) is 0.729. The van der Waals surface area contributed by atoms with Crippen LogP contribution < -0.4 is 5.32 Å². The smallest absolute Gasteiger partial charge is 0.277 e. The molecule has 5 heteroatoms. The third-order valence-corrected chi connectivity index (χ3v) is 5.22. The minimum absolute atomic E-state index is 0.253. The average molecular weight is 372 g/mol. The first kappa shape index (κ1) is 18.2. The van der Waals surface area contributed by atoms with Gasteiger partial charge in [-0.15, -0.1) is 0 Å². The van der Waals surface area contributed by atoms with Gasteiger partial charge >= 0.3 is 0 Å². The number of aromatic nitrogens is 2. The third kappa shape index (κ3) is 3.13. The van der Waals surface area contributed by atoms with Crippen LogP contribution in [0.3, 0.4) is 0 Å². The number of amidine groups is 1. The number of aliphatic imine (C=N–C) groups is 1. The first-order valence-corrected chi connectivity index (χ1v) is 9.45. The summed E-state index contributed by atoms with van der Waals surface area (Å²) in [6.07, 6.45) is 0.767. The lowest BCUT2D eigenvalue weighted by molar-refractivity contribution is 0.0970. The molecule has 0 fully saturated rings. The molecule has 1 amide bonds. The monoisotopic (exact) mass is 372 g/mol. The topological polar surface area (TPSA) is 70.1 Å². The molecule has 4 rings (SSSR count). The Balaban J connectivity index is 1.84. The van der Waals surface area contributed by atoms with Gasteiger partial charge in [-0.3, -0.25) is 14.9 Å². The van der Waals surface area contributed by atoms with E-state index in [9.17, 15) is 4.79 Å². The van der Waals surface area contributed by atoms with E-state index < -0.39 is 5.41 Å². The Morgan fingerprint density at radius 3 is 2.07 bits per heavy atom. The van der Waals surface area contributed by atoms with Gasteiger partial charge in [-0.1, -0.05) is 60.7 Å². The summed E-state index contributed by atoms with van der Waals surface area (Å²) in [5.74, 6) is 0.414. The van der Waals surface area contributed by atoms with Crippen molar-refractivity contribution in [1.29, 1.82) is 0 Å². The number of H-pyrrole nitrogens is 1. The van der Waals surface area contributed by atoms with Crippen molar-refractivity contribution >= 4 is 11.7 Å². The highest BCUT2D eigenvalue weighted by Gasteiger charge is 2.49. The zero-order valence-corrected chi connectivity index (χ0v) is 16.4. The number of rotatable bonds is 3. The summed E-state index contributed by atoms with van der Waals surface area (Å²) in [6, 6.07) is 22.3. The van der Waals surface area contributed by atoms with Crippen molar-refractivity contribution in [2.45, 2.75) is 38.1 Å². The van der Waals surface area contributed by atoms with Crippen molar-refractivity contribution in [3.05, 3.63) is 89.2 Å². The summed E-state index contributed by atoms with van der Waals surface area (Å²) in [5.41, 5.74) is 2.60. The van der Waals surface area contributed by atoms with E-state index in [4.69, 9.17) is 4.99 Å². The van der Waals surface area contributed by atoms with E-state index in [1.165, 1.54) is 0 Å². The lowest BCUT2D eigenvalue weighted by Crippen LogP contribution is -2.45. The number of aromatic amines is 1. The molecule has 2 aromatic carbocycles. The molecule has 142 valence electrons. The molecule has 2 N–H and O–H groups in total. The molecule has 2 heterocycles. The van der Waals surface area contributed by atoms with Crippen molar-refractivity contribution < 1.29 is 4.79 Å². The molecule has 0 saturated heterocycles. The predicted octanol–water partition coefficient (Wildman–Crippen LogP) is 4.02. The molecule has 0 saturated carbocycles.